The number of carbonyl (C=O) groups is 1. The number of nitrogens with zero attached hydrogens (tertiary/aromatic N) is 3. The maximum atomic E-state index is 12.4. The number of hydrogen-bond donors (Lipinski definition) is 1. The van der Waals surface area contributed by atoms with Crippen LogP contribution in [0.3, 0.4) is 0 Å². The molecule has 0 aliphatic carbocycles. The molecule has 1 atom stereocenters. The van der Waals surface area contributed by atoms with Gasteiger partial charge < -0.3 is 10.0 Å². The van der Waals surface area contributed by atoms with Gasteiger partial charge in [-0.25, -0.2) is 0 Å². The number of piperazine rings is 1. The minimum Gasteiger partial charge on any atom is -0.378 e. The van der Waals surface area contributed by atoms with Crippen LogP contribution < -0.4 is 0 Å². The van der Waals surface area contributed by atoms with Crippen molar-refractivity contribution in [3.05, 3.63) is 66.0 Å². The Labute approximate surface area is 136 Å². The molecule has 23 heavy (non-hydrogen) atoms. The van der Waals surface area contributed by atoms with E-state index in [4.69, 9.17) is 0 Å². The Morgan fingerprint density at radius 3 is 2.48 bits per heavy atom. The fraction of sp³-hybridized carbons (Fsp3) is 0.333. The van der Waals surface area contributed by atoms with Crippen LogP contribution in [0.4, 0.5) is 0 Å². The Kier molecular flexibility index (Phi) is 5.00. The summed E-state index contributed by atoms with van der Waals surface area (Å²) in [6, 6.07) is 13.1. The average Bonchev–Trinajstić information content (AvgIpc) is 2.63. The van der Waals surface area contributed by atoms with Crippen molar-refractivity contribution in [1.29, 1.82) is 0 Å². The number of rotatable bonds is 4. The average molecular weight is 311 g/mol. The van der Waals surface area contributed by atoms with E-state index in [0.29, 0.717) is 18.7 Å². The zero-order valence-electron chi connectivity index (χ0n) is 13.0. The first-order valence-electron chi connectivity index (χ1n) is 7.87. The van der Waals surface area contributed by atoms with E-state index in [9.17, 15) is 9.90 Å². The lowest BCUT2D eigenvalue weighted by molar-refractivity contribution is -0.142. The molecule has 5 nitrogen and oxygen atoms in total. The van der Waals surface area contributed by atoms with Crippen LogP contribution in [0.15, 0.2) is 54.9 Å². The predicted molar refractivity (Wildman–Crippen MR) is 87.5 cm³/mol. The second kappa shape index (κ2) is 7.35. The summed E-state index contributed by atoms with van der Waals surface area (Å²) in [5, 5.41) is 10.2. The van der Waals surface area contributed by atoms with E-state index in [1.807, 2.05) is 30.5 Å². The summed E-state index contributed by atoms with van der Waals surface area (Å²) in [6.45, 7) is 3.74. The van der Waals surface area contributed by atoms with Crippen molar-refractivity contribution in [2.45, 2.75) is 12.6 Å². The summed E-state index contributed by atoms with van der Waals surface area (Å²) in [6.07, 6.45) is 2.57. The van der Waals surface area contributed by atoms with Gasteiger partial charge in [0.15, 0.2) is 6.10 Å². The molecule has 2 aromatic rings. The number of pyridine rings is 1. The van der Waals surface area contributed by atoms with Gasteiger partial charge in [-0.2, -0.15) is 0 Å². The highest BCUT2D eigenvalue weighted by Gasteiger charge is 2.26. The summed E-state index contributed by atoms with van der Waals surface area (Å²) < 4.78 is 0. The van der Waals surface area contributed by atoms with Crippen molar-refractivity contribution in [3.63, 3.8) is 0 Å². The maximum Gasteiger partial charge on any atom is 0.256 e. The molecule has 1 unspecified atom stereocenters. The first-order valence-corrected chi connectivity index (χ1v) is 7.87. The number of benzene rings is 1. The van der Waals surface area contributed by atoms with E-state index in [1.165, 1.54) is 5.56 Å². The lowest BCUT2D eigenvalue weighted by atomic mass is 10.1. The topological polar surface area (TPSA) is 56.7 Å². The zero-order chi connectivity index (χ0) is 16.1. The standard InChI is InChI=1S/C18H21N3O2/c22-17(16-6-2-1-3-7-16)18(23)21-11-9-20(10-12-21)14-15-5-4-8-19-13-15/h1-8,13,17,22H,9-12,14H2. The minimum absolute atomic E-state index is 0.211. The molecule has 1 saturated heterocycles. The number of aliphatic hydroxyl groups is 1. The van der Waals surface area contributed by atoms with Crippen LogP contribution in [0.1, 0.15) is 17.2 Å². The predicted octanol–water partition coefficient (Wildman–Crippen LogP) is 1.46. The second-order valence-electron chi connectivity index (χ2n) is 5.78. The van der Waals surface area contributed by atoms with Crippen LogP contribution in [0.25, 0.3) is 0 Å². The van der Waals surface area contributed by atoms with Gasteiger partial charge in [-0.05, 0) is 17.2 Å². The van der Waals surface area contributed by atoms with Crippen molar-refractivity contribution in [2.75, 3.05) is 26.2 Å². The van der Waals surface area contributed by atoms with Crippen LogP contribution in [0.2, 0.25) is 0 Å². The van der Waals surface area contributed by atoms with E-state index < -0.39 is 6.10 Å². The molecule has 2 heterocycles. The zero-order valence-corrected chi connectivity index (χ0v) is 13.0. The summed E-state index contributed by atoms with van der Waals surface area (Å²) in [4.78, 5) is 20.6. The summed E-state index contributed by atoms with van der Waals surface area (Å²) in [7, 11) is 0. The Hall–Kier alpha value is -2.24. The normalized spacial score (nSPS) is 17.0. The highest BCUT2D eigenvalue weighted by atomic mass is 16.3. The number of aromatic nitrogens is 1. The third-order valence-corrected chi connectivity index (χ3v) is 4.16. The van der Waals surface area contributed by atoms with Gasteiger partial charge in [-0.3, -0.25) is 14.7 Å². The second-order valence-corrected chi connectivity index (χ2v) is 5.78. The van der Waals surface area contributed by atoms with Gasteiger partial charge in [-0.15, -0.1) is 0 Å². The van der Waals surface area contributed by atoms with Crippen molar-refractivity contribution >= 4 is 5.91 Å². The molecule has 0 radical (unpaired) electrons. The lowest BCUT2D eigenvalue weighted by Crippen LogP contribution is -2.49. The third-order valence-electron chi connectivity index (χ3n) is 4.16. The molecule has 3 rings (SSSR count). The van der Waals surface area contributed by atoms with Gasteiger partial charge in [0.1, 0.15) is 0 Å². The third kappa shape index (κ3) is 3.94. The lowest BCUT2D eigenvalue weighted by Gasteiger charge is -2.35. The largest absolute Gasteiger partial charge is 0.378 e. The van der Waals surface area contributed by atoms with Gasteiger partial charge >= 0.3 is 0 Å². The number of carbonyl (C=O) groups excluding carboxylic acids is 1. The van der Waals surface area contributed by atoms with Crippen LogP contribution in [-0.4, -0.2) is 52.0 Å². The molecule has 0 spiro atoms. The van der Waals surface area contributed by atoms with E-state index in [-0.39, 0.29) is 5.91 Å². The van der Waals surface area contributed by atoms with Gasteiger partial charge in [0.2, 0.25) is 0 Å². The Bertz CT molecular complexity index is 625. The fourth-order valence-electron chi connectivity index (χ4n) is 2.83. The first-order chi connectivity index (χ1) is 11.2. The number of amides is 1. The molecule has 1 fully saturated rings. The highest BCUT2D eigenvalue weighted by molar-refractivity contribution is 5.82. The molecule has 1 aromatic heterocycles. The Morgan fingerprint density at radius 1 is 1.09 bits per heavy atom. The summed E-state index contributed by atoms with van der Waals surface area (Å²) in [5.74, 6) is -0.211. The molecule has 1 amide bonds. The molecular formula is C18H21N3O2. The van der Waals surface area contributed by atoms with Crippen LogP contribution in [0, 0.1) is 0 Å². The van der Waals surface area contributed by atoms with Crippen LogP contribution >= 0.6 is 0 Å². The first kappa shape index (κ1) is 15.6. The number of aliphatic hydroxyl groups excluding tert-OH is 1. The SMILES string of the molecule is O=C(C(O)c1ccccc1)N1CCN(Cc2cccnc2)CC1. The van der Waals surface area contributed by atoms with Crippen molar-refractivity contribution in [2.24, 2.45) is 0 Å². The van der Waals surface area contributed by atoms with E-state index in [2.05, 4.69) is 16.0 Å². The highest BCUT2D eigenvalue weighted by Crippen LogP contribution is 2.17. The quantitative estimate of drug-likeness (QED) is 0.929. The Morgan fingerprint density at radius 2 is 1.83 bits per heavy atom. The summed E-state index contributed by atoms with van der Waals surface area (Å²) >= 11 is 0. The molecule has 0 saturated carbocycles. The van der Waals surface area contributed by atoms with Crippen LogP contribution in [-0.2, 0) is 11.3 Å². The molecule has 120 valence electrons. The number of hydrogen-bond acceptors (Lipinski definition) is 4. The molecular weight excluding hydrogens is 290 g/mol. The fourth-order valence-corrected chi connectivity index (χ4v) is 2.83. The molecule has 1 aromatic carbocycles. The van der Waals surface area contributed by atoms with Crippen molar-refractivity contribution < 1.29 is 9.90 Å². The monoisotopic (exact) mass is 311 g/mol. The van der Waals surface area contributed by atoms with Crippen LogP contribution in [0.5, 0.6) is 0 Å². The molecule has 1 N–H and O–H groups in total. The minimum atomic E-state index is -1.07. The van der Waals surface area contributed by atoms with Crippen molar-refractivity contribution in [1.82, 2.24) is 14.8 Å². The van der Waals surface area contributed by atoms with Gasteiger partial charge in [0, 0.05) is 45.1 Å². The molecule has 5 heteroatoms. The smallest absolute Gasteiger partial charge is 0.256 e. The van der Waals surface area contributed by atoms with Gasteiger partial charge in [0.25, 0.3) is 5.91 Å². The van der Waals surface area contributed by atoms with Crippen molar-refractivity contribution in [3.8, 4) is 0 Å². The van der Waals surface area contributed by atoms with E-state index in [1.54, 1.807) is 23.2 Å². The molecule has 1 aliphatic rings. The molecule has 1 aliphatic heterocycles. The van der Waals surface area contributed by atoms with Gasteiger partial charge in [-0.1, -0.05) is 36.4 Å². The van der Waals surface area contributed by atoms with E-state index >= 15 is 0 Å². The Balaban J connectivity index is 1.53. The maximum absolute atomic E-state index is 12.4. The summed E-state index contributed by atoms with van der Waals surface area (Å²) in [5.41, 5.74) is 1.83. The van der Waals surface area contributed by atoms with E-state index in [0.717, 1.165) is 19.6 Å². The molecule has 0 bridgehead atoms. The van der Waals surface area contributed by atoms with Gasteiger partial charge in [0.05, 0.1) is 0 Å².